The van der Waals surface area contributed by atoms with Crippen molar-refractivity contribution in [2.75, 3.05) is 18.4 Å². The zero-order valence-corrected chi connectivity index (χ0v) is 13.9. The smallest absolute Gasteiger partial charge is 0.229 e. The van der Waals surface area contributed by atoms with Crippen molar-refractivity contribution in [2.24, 2.45) is 11.8 Å². The highest BCUT2D eigenvalue weighted by molar-refractivity contribution is 5.94. The van der Waals surface area contributed by atoms with Gasteiger partial charge in [-0.05, 0) is 41.5 Å². The molecule has 3 nitrogen and oxygen atoms in total. The molecule has 1 aliphatic rings. The van der Waals surface area contributed by atoms with Gasteiger partial charge in [0.1, 0.15) is 0 Å². The highest BCUT2D eigenvalue weighted by Gasteiger charge is 2.29. The second-order valence-electron chi connectivity index (χ2n) is 6.89. The van der Waals surface area contributed by atoms with Crippen LogP contribution >= 0.6 is 0 Å². The molecule has 0 aliphatic carbocycles. The summed E-state index contributed by atoms with van der Waals surface area (Å²) in [7, 11) is 0. The van der Waals surface area contributed by atoms with Crippen LogP contribution in [-0.4, -0.2) is 19.0 Å². The summed E-state index contributed by atoms with van der Waals surface area (Å²) in [6, 6.07) is 6.43. The molecule has 1 aromatic rings. The maximum atomic E-state index is 12.5. The van der Waals surface area contributed by atoms with E-state index in [-0.39, 0.29) is 11.8 Å². The molecule has 1 heterocycles. The Bertz CT molecular complexity index is 508. The van der Waals surface area contributed by atoms with Crippen molar-refractivity contribution in [1.29, 1.82) is 0 Å². The van der Waals surface area contributed by atoms with Gasteiger partial charge in [0.15, 0.2) is 0 Å². The zero-order valence-electron chi connectivity index (χ0n) is 13.9. The van der Waals surface area contributed by atoms with E-state index in [1.54, 1.807) is 0 Å². The van der Waals surface area contributed by atoms with Crippen LogP contribution in [0.2, 0.25) is 0 Å². The Balaban J connectivity index is 2.21. The van der Waals surface area contributed by atoms with Gasteiger partial charge >= 0.3 is 0 Å². The molecule has 1 saturated heterocycles. The minimum atomic E-state index is 0.0785. The lowest BCUT2D eigenvalue weighted by Crippen LogP contribution is -2.28. The largest absolute Gasteiger partial charge is 0.326 e. The van der Waals surface area contributed by atoms with Crippen molar-refractivity contribution < 1.29 is 4.79 Å². The Morgan fingerprint density at radius 3 is 2.43 bits per heavy atom. The van der Waals surface area contributed by atoms with E-state index in [9.17, 15) is 4.79 Å². The molecule has 21 heavy (non-hydrogen) atoms. The summed E-state index contributed by atoms with van der Waals surface area (Å²) in [5.41, 5.74) is 3.53. The van der Waals surface area contributed by atoms with Crippen LogP contribution in [0.15, 0.2) is 18.2 Å². The number of hydrogen-bond donors (Lipinski definition) is 2. The third kappa shape index (κ3) is 3.65. The second kappa shape index (κ2) is 6.61. The van der Waals surface area contributed by atoms with E-state index in [1.807, 2.05) is 0 Å². The number of anilines is 1. The maximum absolute atomic E-state index is 12.5. The lowest BCUT2D eigenvalue weighted by molar-refractivity contribution is -0.120. The summed E-state index contributed by atoms with van der Waals surface area (Å²) < 4.78 is 0. The summed E-state index contributed by atoms with van der Waals surface area (Å²) in [4.78, 5) is 12.5. The lowest BCUT2D eigenvalue weighted by atomic mass is 9.93. The van der Waals surface area contributed by atoms with Gasteiger partial charge in [-0.15, -0.1) is 0 Å². The monoisotopic (exact) mass is 288 g/mol. The number of carbonyl (C=O) groups excluding carboxylic acids is 1. The molecule has 1 aromatic carbocycles. The summed E-state index contributed by atoms with van der Waals surface area (Å²) in [6.07, 6.45) is 0. The van der Waals surface area contributed by atoms with Crippen molar-refractivity contribution in [3.63, 3.8) is 0 Å². The minimum absolute atomic E-state index is 0.0785. The van der Waals surface area contributed by atoms with E-state index in [2.05, 4.69) is 63.5 Å². The lowest BCUT2D eigenvalue weighted by Gasteiger charge is -2.19. The van der Waals surface area contributed by atoms with Crippen LogP contribution in [0.4, 0.5) is 5.69 Å². The van der Waals surface area contributed by atoms with Gasteiger partial charge in [-0.25, -0.2) is 0 Å². The molecule has 1 aliphatic heterocycles. The Labute approximate surface area is 128 Å². The molecule has 116 valence electrons. The fourth-order valence-electron chi connectivity index (χ4n) is 2.92. The number of benzene rings is 1. The number of amides is 1. The van der Waals surface area contributed by atoms with Crippen LogP contribution in [0.3, 0.4) is 0 Å². The number of nitrogens with one attached hydrogen (secondary N) is 2. The van der Waals surface area contributed by atoms with Crippen LogP contribution in [0.5, 0.6) is 0 Å². The van der Waals surface area contributed by atoms with Gasteiger partial charge in [0.2, 0.25) is 5.91 Å². The molecule has 0 radical (unpaired) electrons. The molecule has 2 atom stereocenters. The van der Waals surface area contributed by atoms with Crippen LogP contribution in [0, 0.1) is 11.8 Å². The Hall–Kier alpha value is -1.35. The number of carbonyl (C=O) groups is 1. The topological polar surface area (TPSA) is 41.1 Å². The van der Waals surface area contributed by atoms with Gasteiger partial charge in [0, 0.05) is 12.2 Å². The van der Waals surface area contributed by atoms with Gasteiger partial charge in [0.25, 0.3) is 0 Å². The highest BCUT2D eigenvalue weighted by Crippen LogP contribution is 2.29. The van der Waals surface area contributed by atoms with Crippen LogP contribution < -0.4 is 10.6 Å². The van der Waals surface area contributed by atoms with Crippen LogP contribution in [-0.2, 0) is 4.79 Å². The molecule has 1 amide bonds. The first-order valence-electron chi connectivity index (χ1n) is 8.05. The molecule has 1 fully saturated rings. The summed E-state index contributed by atoms with van der Waals surface area (Å²) in [6.45, 7) is 12.6. The van der Waals surface area contributed by atoms with E-state index in [0.29, 0.717) is 17.8 Å². The first-order chi connectivity index (χ1) is 9.90. The molecule has 0 bridgehead atoms. The van der Waals surface area contributed by atoms with Crippen molar-refractivity contribution in [3.8, 4) is 0 Å². The van der Waals surface area contributed by atoms with E-state index < -0.39 is 0 Å². The Morgan fingerprint density at radius 2 is 1.90 bits per heavy atom. The second-order valence-corrected chi connectivity index (χ2v) is 6.89. The standard InChI is InChI=1S/C18H28N2O/c1-11(2)14-6-7-17(15(8-14)12(3)4)20-18(21)16-10-19-9-13(16)5/h6-8,11-13,16,19H,9-10H2,1-5H3,(H,20,21). The van der Waals surface area contributed by atoms with Gasteiger partial charge in [0.05, 0.1) is 5.92 Å². The molecule has 2 unspecified atom stereocenters. The van der Waals surface area contributed by atoms with E-state index in [4.69, 9.17) is 0 Å². The normalized spacial score (nSPS) is 22.0. The Morgan fingerprint density at radius 1 is 1.19 bits per heavy atom. The molecular weight excluding hydrogens is 260 g/mol. The van der Waals surface area contributed by atoms with Crippen molar-refractivity contribution in [1.82, 2.24) is 5.32 Å². The maximum Gasteiger partial charge on any atom is 0.229 e. The third-order valence-corrected chi connectivity index (χ3v) is 4.48. The van der Waals surface area contributed by atoms with Crippen molar-refractivity contribution in [2.45, 2.75) is 46.5 Å². The number of rotatable bonds is 4. The minimum Gasteiger partial charge on any atom is -0.326 e. The summed E-state index contributed by atoms with van der Waals surface area (Å²) in [5, 5.41) is 6.44. The van der Waals surface area contributed by atoms with Gasteiger partial charge in [-0.1, -0.05) is 46.8 Å². The summed E-state index contributed by atoms with van der Waals surface area (Å²) >= 11 is 0. The first kappa shape index (κ1) is 16.0. The molecular formula is C18H28N2O. The predicted molar refractivity (Wildman–Crippen MR) is 88.8 cm³/mol. The molecule has 2 rings (SSSR count). The van der Waals surface area contributed by atoms with Gasteiger partial charge in [-0.3, -0.25) is 4.79 Å². The van der Waals surface area contributed by atoms with E-state index in [1.165, 1.54) is 11.1 Å². The molecule has 0 aromatic heterocycles. The van der Waals surface area contributed by atoms with Gasteiger partial charge < -0.3 is 10.6 Å². The third-order valence-electron chi connectivity index (χ3n) is 4.48. The quantitative estimate of drug-likeness (QED) is 0.886. The SMILES string of the molecule is CC(C)c1ccc(NC(=O)C2CNCC2C)c(C(C)C)c1. The first-order valence-corrected chi connectivity index (χ1v) is 8.05. The average molecular weight is 288 g/mol. The fraction of sp³-hybridized carbons (Fsp3) is 0.611. The fourth-order valence-corrected chi connectivity index (χ4v) is 2.92. The molecule has 0 saturated carbocycles. The molecule has 3 heteroatoms. The Kier molecular flexibility index (Phi) is 5.04. The highest BCUT2D eigenvalue weighted by atomic mass is 16.1. The summed E-state index contributed by atoms with van der Waals surface area (Å²) in [5.74, 6) is 1.54. The average Bonchev–Trinajstić information content (AvgIpc) is 2.85. The number of hydrogen-bond acceptors (Lipinski definition) is 2. The van der Waals surface area contributed by atoms with Gasteiger partial charge in [-0.2, -0.15) is 0 Å². The molecule has 2 N–H and O–H groups in total. The van der Waals surface area contributed by atoms with E-state index in [0.717, 1.165) is 18.8 Å². The predicted octanol–water partition coefficient (Wildman–Crippen LogP) is 3.73. The molecule has 0 spiro atoms. The van der Waals surface area contributed by atoms with Crippen LogP contribution in [0.25, 0.3) is 0 Å². The van der Waals surface area contributed by atoms with Crippen molar-refractivity contribution >= 4 is 11.6 Å². The zero-order chi connectivity index (χ0) is 15.6. The van der Waals surface area contributed by atoms with E-state index >= 15 is 0 Å². The van der Waals surface area contributed by atoms with Crippen LogP contribution in [0.1, 0.15) is 57.6 Å². The van der Waals surface area contributed by atoms with Crippen molar-refractivity contribution in [3.05, 3.63) is 29.3 Å².